The van der Waals surface area contributed by atoms with E-state index in [2.05, 4.69) is 5.32 Å². The average Bonchev–Trinajstić information content (AvgIpc) is 2.91. The summed E-state index contributed by atoms with van der Waals surface area (Å²) in [7, 11) is -2.72. The first kappa shape index (κ1) is 26.0. The van der Waals surface area contributed by atoms with Crippen molar-refractivity contribution in [3.63, 3.8) is 0 Å². The van der Waals surface area contributed by atoms with Crippen LogP contribution in [0.3, 0.4) is 0 Å². The molecule has 37 heavy (non-hydrogen) atoms. The molecular formula is C30H30N2O4S. The topological polar surface area (TPSA) is 75.7 Å². The van der Waals surface area contributed by atoms with Crippen molar-refractivity contribution in [2.45, 2.75) is 24.8 Å². The molecule has 0 bridgehead atoms. The molecule has 0 heterocycles. The second-order valence-corrected chi connectivity index (χ2v) is 10.7. The number of sulfonamides is 1. The highest BCUT2D eigenvalue weighted by atomic mass is 32.2. The van der Waals surface area contributed by atoms with Crippen molar-refractivity contribution in [3.05, 3.63) is 125 Å². The second-order valence-electron chi connectivity index (χ2n) is 8.83. The third kappa shape index (κ3) is 6.01. The van der Waals surface area contributed by atoms with Gasteiger partial charge in [0.2, 0.25) is 5.91 Å². The predicted molar refractivity (Wildman–Crippen MR) is 146 cm³/mol. The first-order valence-corrected chi connectivity index (χ1v) is 13.4. The van der Waals surface area contributed by atoms with E-state index < -0.39 is 28.5 Å². The summed E-state index contributed by atoms with van der Waals surface area (Å²) in [5.74, 6) is -0.218. The SMILES string of the molecule is COc1ccc(C)cc1S(=O)(=O)N(CC(=O)NC(c1ccccc1)c1ccccc1)c1cccc(C)c1. The van der Waals surface area contributed by atoms with Crippen LogP contribution in [0.1, 0.15) is 28.3 Å². The number of benzene rings is 4. The van der Waals surface area contributed by atoms with Crippen LogP contribution in [-0.2, 0) is 14.8 Å². The first-order valence-electron chi connectivity index (χ1n) is 11.9. The molecule has 0 unspecified atom stereocenters. The number of carbonyl (C=O) groups excluding carboxylic acids is 1. The lowest BCUT2D eigenvalue weighted by Gasteiger charge is -2.27. The van der Waals surface area contributed by atoms with Gasteiger partial charge in [-0.2, -0.15) is 0 Å². The fourth-order valence-corrected chi connectivity index (χ4v) is 5.85. The monoisotopic (exact) mass is 514 g/mol. The maximum Gasteiger partial charge on any atom is 0.268 e. The highest BCUT2D eigenvalue weighted by Gasteiger charge is 2.31. The van der Waals surface area contributed by atoms with Gasteiger partial charge in [0.15, 0.2) is 0 Å². The smallest absolute Gasteiger partial charge is 0.268 e. The number of carbonyl (C=O) groups is 1. The molecule has 1 N–H and O–H groups in total. The molecule has 4 aromatic rings. The van der Waals surface area contributed by atoms with E-state index in [0.29, 0.717) is 5.69 Å². The molecule has 0 radical (unpaired) electrons. The van der Waals surface area contributed by atoms with Crippen molar-refractivity contribution in [1.29, 1.82) is 0 Å². The molecule has 1 amide bonds. The summed E-state index contributed by atoms with van der Waals surface area (Å²) >= 11 is 0. The first-order chi connectivity index (χ1) is 17.8. The third-order valence-electron chi connectivity index (χ3n) is 6.04. The fourth-order valence-electron chi connectivity index (χ4n) is 4.19. The molecule has 0 saturated heterocycles. The highest BCUT2D eigenvalue weighted by molar-refractivity contribution is 7.93. The third-order valence-corrected chi connectivity index (χ3v) is 7.83. The Morgan fingerprint density at radius 3 is 1.97 bits per heavy atom. The Bertz CT molecular complexity index is 1430. The average molecular weight is 515 g/mol. The Hall–Kier alpha value is -4.10. The summed E-state index contributed by atoms with van der Waals surface area (Å²) < 4.78 is 34.5. The van der Waals surface area contributed by atoms with Gasteiger partial charge in [0, 0.05) is 0 Å². The maximum atomic E-state index is 14.0. The van der Waals surface area contributed by atoms with Crippen LogP contribution >= 0.6 is 0 Å². The van der Waals surface area contributed by atoms with E-state index in [0.717, 1.165) is 26.6 Å². The number of ether oxygens (including phenoxy) is 1. The fraction of sp³-hybridized carbons (Fsp3) is 0.167. The molecule has 7 heteroatoms. The minimum Gasteiger partial charge on any atom is -0.495 e. The molecule has 0 saturated carbocycles. The highest BCUT2D eigenvalue weighted by Crippen LogP contribution is 2.31. The second kappa shape index (κ2) is 11.3. The minimum absolute atomic E-state index is 0.00646. The molecule has 4 aromatic carbocycles. The van der Waals surface area contributed by atoms with Gasteiger partial charge in [-0.15, -0.1) is 0 Å². The molecule has 0 aliphatic rings. The lowest BCUT2D eigenvalue weighted by molar-refractivity contribution is -0.120. The molecule has 0 aliphatic carbocycles. The number of nitrogens with one attached hydrogen (secondary N) is 1. The zero-order chi connectivity index (χ0) is 26.4. The zero-order valence-corrected chi connectivity index (χ0v) is 21.9. The number of anilines is 1. The van der Waals surface area contributed by atoms with Gasteiger partial charge in [-0.25, -0.2) is 8.42 Å². The summed E-state index contributed by atoms with van der Waals surface area (Å²) in [4.78, 5) is 13.5. The molecule has 0 fully saturated rings. The molecule has 190 valence electrons. The van der Waals surface area contributed by atoms with Crippen molar-refractivity contribution < 1.29 is 17.9 Å². The number of nitrogens with zero attached hydrogens (tertiary/aromatic N) is 1. The Morgan fingerprint density at radius 1 is 0.811 bits per heavy atom. The van der Waals surface area contributed by atoms with E-state index in [1.165, 1.54) is 7.11 Å². The van der Waals surface area contributed by atoms with Crippen LogP contribution in [-0.4, -0.2) is 28.0 Å². The van der Waals surface area contributed by atoms with Gasteiger partial charge in [-0.3, -0.25) is 9.10 Å². The summed E-state index contributed by atoms with van der Waals surface area (Å²) in [6.45, 7) is 3.29. The minimum atomic E-state index is -4.15. The van der Waals surface area contributed by atoms with E-state index in [-0.39, 0.29) is 10.6 Å². The van der Waals surface area contributed by atoms with Crippen molar-refractivity contribution in [2.24, 2.45) is 0 Å². The summed E-state index contributed by atoms with van der Waals surface area (Å²) in [5, 5.41) is 3.05. The molecule has 0 atom stereocenters. The molecule has 4 rings (SSSR count). The zero-order valence-electron chi connectivity index (χ0n) is 21.1. The number of amides is 1. The Balaban J connectivity index is 1.73. The molecular weight excluding hydrogens is 484 g/mol. The van der Waals surface area contributed by atoms with Gasteiger partial charge in [-0.05, 0) is 60.4 Å². The van der Waals surface area contributed by atoms with Crippen LogP contribution in [0.5, 0.6) is 5.75 Å². The van der Waals surface area contributed by atoms with Crippen molar-refractivity contribution in [1.82, 2.24) is 5.32 Å². The number of rotatable bonds is 9. The van der Waals surface area contributed by atoms with Crippen LogP contribution in [0.15, 0.2) is 108 Å². The number of methoxy groups -OCH3 is 1. The van der Waals surface area contributed by atoms with E-state index in [4.69, 9.17) is 4.74 Å². The summed E-state index contributed by atoms with van der Waals surface area (Å²) in [5.41, 5.74) is 3.83. The van der Waals surface area contributed by atoms with Crippen LogP contribution < -0.4 is 14.4 Å². The van der Waals surface area contributed by atoms with Gasteiger partial charge in [-0.1, -0.05) is 78.9 Å². The van der Waals surface area contributed by atoms with Gasteiger partial charge in [0.1, 0.15) is 17.2 Å². The van der Waals surface area contributed by atoms with E-state index in [1.54, 1.807) is 36.4 Å². The summed E-state index contributed by atoms with van der Waals surface area (Å²) in [6.07, 6.45) is 0. The lowest BCUT2D eigenvalue weighted by Crippen LogP contribution is -2.42. The number of hydrogen-bond donors (Lipinski definition) is 1. The normalized spacial score (nSPS) is 11.2. The Labute approximate surface area is 218 Å². The van der Waals surface area contributed by atoms with E-state index in [1.807, 2.05) is 80.6 Å². The van der Waals surface area contributed by atoms with Crippen molar-refractivity contribution in [3.8, 4) is 5.75 Å². The molecule has 6 nitrogen and oxygen atoms in total. The van der Waals surface area contributed by atoms with Gasteiger partial charge < -0.3 is 10.1 Å². The molecule has 0 spiro atoms. The maximum absolute atomic E-state index is 14.0. The Kier molecular flexibility index (Phi) is 7.94. The lowest BCUT2D eigenvalue weighted by atomic mass is 9.99. The predicted octanol–water partition coefficient (Wildman–Crippen LogP) is 5.41. The van der Waals surface area contributed by atoms with Crippen LogP contribution in [0.4, 0.5) is 5.69 Å². The van der Waals surface area contributed by atoms with Crippen molar-refractivity contribution >= 4 is 21.6 Å². The van der Waals surface area contributed by atoms with Crippen LogP contribution in [0.25, 0.3) is 0 Å². The van der Waals surface area contributed by atoms with Gasteiger partial charge in [0.25, 0.3) is 10.0 Å². The Morgan fingerprint density at radius 2 is 1.41 bits per heavy atom. The summed E-state index contributed by atoms with van der Waals surface area (Å²) in [6, 6.07) is 30.8. The van der Waals surface area contributed by atoms with Crippen molar-refractivity contribution in [2.75, 3.05) is 18.0 Å². The number of aryl methyl sites for hydroxylation is 2. The van der Waals surface area contributed by atoms with Gasteiger partial charge >= 0.3 is 0 Å². The van der Waals surface area contributed by atoms with Gasteiger partial charge in [0.05, 0.1) is 18.8 Å². The largest absolute Gasteiger partial charge is 0.495 e. The molecule has 0 aromatic heterocycles. The quantitative estimate of drug-likeness (QED) is 0.324. The van der Waals surface area contributed by atoms with E-state index in [9.17, 15) is 13.2 Å². The molecule has 0 aliphatic heterocycles. The van der Waals surface area contributed by atoms with Crippen LogP contribution in [0.2, 0.25) is 0 Å². The standard InChI is InChI=1S/C30H30N2O4S/c1-22-11-10-16-26(19-22)32(37(34,35)28-20-23(2)17-18-27(28)36-3)21-29(33)31-30(24-12-6-4-7-13-24)25-14-8-5-9-15-25/h4-20,30H,21H2,1-3H3,(H,31,33). The number of hydrogen-bond acceptors (Lipinski definition) is 4. The van der Waals surface area contributed by atoms with Crippen LogP contribution in [0, 0.1) is 13.8 Å². The van der Waals surface area contributed by atoms with E-state index >= 15 is 0 Å².